The van der Waals surface area contributed by atoms with Crippen LogP contribution in [0.25, 0.3) is 102 Å². The molecule has 6 aromatic carbocycles. The number of benzene rings is 6. The molecule has 0 fully saturated rings. The Morgan fingerprint density at radius 2 is 0.932 bits per heavy atom. The van der Waals surface area contributed by atoms with Gasteiger partial charge >= 0.3 is 41.2 Å². The largest absolute Gasteiger partial charge is 3.00 e. The molecule has 0 atom stereocenters. The number of rotatable bonds is 12. The SMILES string of the molecule is [Ir+3].[Pt+2].[c-]1cc(-c2ccccc2-c2cc(-c3nccn3-c3c[c-]c(-c4ccccn4)cc3)cc(-c3nccn3-c3c[c-]c(-c4ccccn4)cc3)c2)c(Oc2[c-]c(-c3ccccn3)ccc2)[c-]c1-c1ncccn1. The first kappa shape index (κ1) is 48.1. The zero-order valence-electron chi connectivity index (χ0n) is 38.4. The van der Waals surface area contributed by atoms with Crippen LogP contribution in [-0.2, 0) is 41.2 Å². The third-order valence-electron chi connectivity index (χ3n) is 11.8. The zero-order valence-corrected chi connectivity index (χ0v) is 43.0. The summed E-state index contributed by atoms with van der Waals surface area (Å²) in [4.78, 5) is 32.6. The monoisotopic (exact) mass is 1300 g/mol. The number of hydrogen-bond donors (Lipinski definition) is 0. The first-order valence-corrected chi connectivity index (χ1v) is 22.7. The van der Waals surface area contributed by atoms with Gasteiger partial charge in [-0.2, -0.15) is 0 Å². The number of hydrogen-bond acceptors (Lipinski definition) is 8. The van der Waals surface area contributed by atoms with Crippen molar-refractivity contribution in [3.8, 4) is 113 Å². The molecule has 0 N–H and O–H groups in total. The summed E-state index contributed by atoms with van der Waals surface area (Å²) in [5.41, 5.74) is 12.6. The first-order valence-electron chi connectivity index (χ1n) is 22.7. The minimum atomic E-state index is 0. The van der Waals surface area contributed by atoms with E-state index in [4.69, 9.17) is 14.7 Å². The van der Waals surface area contributed by atoms with Crippen LogP contribution in [-0.4, -0.2) is 44.0 Å². The van der Waals surface area contributed by atoms with Gasteiger partial charge in [0.1, 0.15) is 11.6 Å². The second-order valence-electron chi connectivity index (χ2n) is 16.3. The van der Waals surface area contributed by atoms with Gasteiger partial charge in [-0.05, 0) is 93.6 Å². The Bertz CT molecular complexity index is 3640. The first-order chi connectivity index (χ1) is 35.2. The summed E-state index contributed by atoms with van der Waals surface area (Å²) in [7, 11) is 0. The second kappa shape index (κ2) is 21.8. The molecule has 0 bridgehead atoms. The van der Waals surface area contributed by atoms with Crippen LogP contribution in [0.2, 0.25) is 0 Å². The van der Waals surface area contributed by atoms with Crippen molar-refractivity contribution in [2.75, 3.05) is 0 Å². The molecular formula is C61H36IrN9OPt. The van der Waals surface area contributed by atoms with Gasteiger partial charge in [0.2, 0.25) is 0 Å². The van der Waals surface area contributed by atoms with E-state index in [2.05, 4.69) is 107 Å². The Balaban J connectivity index is 0.00000306. The summed E-state index contributed by atoms with van der Waals surface area (Å²) in [6.07, 6.45) is 16.3. The van der Waals surface area contributed by atoms with Gasteiger partial charge < -0.3 is 38.8 Å². The molecule has 0 saturated carbocycles. The maximum atomic E-state index is 6.79. The smallest absolute Gasteiger partial charge is 0.515 e. The fourth-order valence-corrected chi connectivity index (χ4v) is 8.50. The molecule has 0 spiro atoms. The fraction of sp³-hybridized carbons (Fsp3) is 0. The maximum Gasteiger partial charge on any atom is 3.00 e. The number of aromatic nitrogens is 9. The molecule has 12 aromatic rings. The molecule has 0 unspecified atom stereocenters. The standard InChI is InChI=1S/C61H36N9O.Ir.Pt/c1-2-14-53(54-27-22-45(59-65-31-10-32-66-59)41-58(54)71-51-12-9-11-44(40-51)57-17-5-8-30-64-57)52(13-1)46-37-47(60-67-33-35-69(60)49-23-18-42(19-24-49)55-15-3-6-28-62-55)39-48(38-46)61-68-34-36-70(61)50-25-20-43(21-26-50)56-16-4-7-29-63-56;;/h1-18,20,23-39H;;/q-5;+3;+2. The number of imidazole rings is 2. The minimum absolute atomic E-state index is 0. The molecule has 12 heteroatoms. The van der Waals surface area contributed by atoms with E-state index in [1.54, 1.807) is 37.1 Å². The van der Waals surface area contributed by atoms with Crippen LogP contribution in [0.1, 0.15) is 0 Å². The summed E-state index contributed by atoms with van der Waals surface area (Å²) in [6, 6.07) is 71.0. The van der Waals surface area contributed by atoms with Crippen molar-refractivity contribution < 1.29 is 45.9 Å². The third kappa shape index (κ3) is 10.2. The van der Waals surface area contributed by atoms with Gasteiger partial charge in [-0.15, -0.1) is 89.0 Å². The number of ether oxygens (including phenoxy) is 1. The molecule has 0 aliphatic heterocycles. The molecule has 0 aliphatic rings. The van der Waals surface area contributed by atoms with Crippen LogP contribution < -0.4 is 4.74 Å². The molecule has 0 saturated heterocycles. The van der Waals surface area contributed by atoms with Crippen molar-refractivity contribution in [2.45, 2.75) is 0 Å². The molecule has 0 amide bonds. The van der Waals surface area contributed by atoms with Gasteiger partial charge in [-0.25, -0.2) is 27.7 Å². The van der Waals surface area contributed by atoms with Crippen molar-refractivity contribution >= 4 is 0 Å². The Kier molecular flexibility index (Phi) is 14.4. The molecule has 10 nitrogen and oxygen atoms in total. The zero-order chi connectivity index (χ0) is 47.3. The summed E-state index contributed by atoms with van der Waals surface area (Å²) >= 11 is 0. The van der Waals surface area contributed by atoms with Gasteiger partial charge in [-0.1, -0.05) is 72.3 Å². The average molecular weight is 1300 g/mol. The van der Waals surface area contributed by atoms with E-state index in [0.29, 0.717) is 22.9 Å². The number of pyridine rings is 3. The van der Waals surface area contributed by atoms with Crippen LogP contribution in [0.15, 0.2) is 220 Å². The Morgan fingerprint density at radius 1 is 0.397 bits per heavy atom. The van der Waals surface area contributed by atoms with Crippen LogP contribution >= 0.6 is 0 Å². The topological polar surface area (TPSA) is 109 Å². The fourth-order valence-electron chi connectivity index (χ4n) is 8.50. The second-order valence-corrected chi connectivity index (χ2v) is 16.3. The van der Waals surface area contributed by atoms with E-state index in [1.807, 2.05) is 140 Å². The van der Waals surface area contributed by atoms with Crippen LogP contribution in [0.4, 0.5) is 0 Å². The van der Waals surface area contributed by atoms with Crippen molar-refractivity contribution in [3.05, 3.63) is 250 Å². The van der Waals surface area contributed by atoms with Crippen molar-refractivity contribution in [3.63, 3.8) is 0 Å². The van der Waals surface area contributed by atoms with Crippen molar-refractivity contribution in [1.82, 2.24) is 44.0 Å². The van der Waals surface area contributed by atoms with Gasteiger partial charge in [0.05, 0.1) is 0 Å². The molecule has 0 radical (unpaired) electrons. The van der Waals surface area contributed by atoms with Crippen LogP contribution in [0, 0.1) is 30.3 Å². The van der Waals surface area contributed by atoms with Gasteiger partial charge in [0.25, 0.3) is 0 Å². The summed E-state index contributed by atoms with van der Waals surface area (Å²) in [6.45, 7) is 0. The van der Waals surface area contributed by atoms with Crippen molar-refractivity contribution in [1.29, 1.82) is 0 Å². The van der Waals surface area contributed by atoms with Gasteiger partial charge in [0.15, 0.2) is 0 Å². The molecule has 73 heavy (non-hydrogen) atoms. The predicted octanol–water partition coefficient (Wildman–Crippen LogP) is 13.2. The van der Waals surface area contributed by atoms with Gasteiger partial charge in [0, 0.05) is 72.6 Å². The molecule has 6 heterocycles. The summed E-state index contributed by atoms with van der Waals surface area (Å²) < 4.78 is 10.9. The predicted molar refractivity (Wildman–Crippen MR) is 274 cm³/mol. The van der Waals surface area contributed by atoms with Crippen LogP contribution in [0.3, 0.4) is 0 Å². The summed E-state index contributed by atoms with van der Waals surface area (Å²) in [5, 5.41) is 0. The maximum absolute atomic E-state index is 6.79. The molecule has 0 aliphatic carbocycles. The molecule has 6 aromatic heterocycles. The van der Waals surface area contributed by atoms with E-state index in [0.717, 1.165) is 90.2 Å². The van der Waals surface area contributed by atoms with Crippen molar-refractivity contribution in [2.24, 2.45) is 0 Å². The Morgan fingerprint density at radius 3 is 1.48 bits per heavy atom. The average Bonchev–Trinajstić information content (AvgIpc) is 4.16. The van der Waals surface area contributed by atoms with E-state index in [1.165, 1.54) is 0 Å². The van der Waals surface area contributed by atoms with Gasteiger partial charge in [-0.3, -0.25) is 6.07 Å². The third-order valence-corrected chi connectivity index (χ3v) is 11.8. The quantitative estimate of drug-likeness (QED) is 0.111. The number of nitrogens with zero attached hydrogens (tertiary/aromatic N) is 9. The van der Waals surface area contributed by atoms with E-state index < -0.39 is 0 Å². The van der Waals surface area contributed by atoms with E-state index in [-0.39, 0.29) is 41.2 Å². The molecule has 12 rings (SSSR count). The van der Waals surface area contributed by atoms with E-state index in [9.17, 15) is 0 Å². The Hall–Kier alpha value is -8.59. The van der Waals surface area contributed by atoms with E-state index >= 15 is 0 Å². The normalized spacial score (nSPS) is 10.8. The summed E-state index contributed by atoms with van der Waals surface area (Å²) in [5.74, 6) is 2.88. The van der Waals surface area contributed by atoms with Crippen LogP contribution in [0.5, 0.6) is 11.5 Å². The Labute approximate surface area is 449 Å². The molecular weight excluding hydrogens is 1260 g/mol. The molecule has 350 valence electrons. The minimum Gasteiger partial charge on any atom is -0.515 e.